The molecule has 0 saturated carbocycles. The van der Waals surface area contributed by atoms with Crippen molar-refractivity contribution < 1.29 is 9.52 Å². The van der Waals surface area contributed by atoms with Crippen LogP contribution in [0, 0.1) is 0 Å². The first kappa shape index (κ1) is 15.6. The Labute approximate surface area is 136 Å². The van der Waals surface area contributed by atoms with E-state index >= 15 is 0 Å². The van der Waals surface area contributed by atoms with Crippen molar-refractivity contribution in [2.75, 3.05) is 20.6 Å². The molecule has 23 heavy (non-hydrogen) atoms. The lowest BCUT2D eigenvalue weighted by molar-refractivity contribution is 0.0426. The van der Waals surface area contributed by atoms with Crippen LogP contribution in [-0.4, -0.2) is 36.6 Å². The largest absolute Gasteiger partial charge is 0.467 e. The fraction of sp³-hybridized carbons (Fsp3) is 0.389. The predicted octanol–water partition coefficient (Wildman–Crippen LogP) is 2.12. The van der Waals surface area contributed by atoms with E-state index in [1.807, 2.05) is 42.3 Å². The van der Waals surface area contributed by atoms with Gasteiger partial charge in [0, 0.05) is 14.1 Å². The number of nitrogens with one attached hydrogen (secondary N) is 1. The van der Waals surface area contributed by atoms with E-state index in [9.17, 15) is 5.11 Å². The topological polar surface area (TPSA) is 61.0 Å². The molecule has 3 rings (SSSR count). The van der Waals surface area contributed by atoms with Crippen molar-refractivity contribution in [1.82, 2.24) is 10.2 Å². The fourth-order valence-corrected chi connectivity index (χ4v) is 3.17. The SMILES string of the molecule is CN=C(NCC1(O)CCc2ccccc21)N(C)Cc1ccco1. The van der Waals surface area contributed by atoms with Gasteiger partial charge in [-0.05, 0) is 36.1 Å². The monoisotopic (exact) mass is 313 g/mol. The quantitative estimate of drug-likeness (QED) is 0.670. The molecule has 0 aliphatic heterocycles. The van der Waals surface area contributed by atoms with Crippen molar-refractivity contribution in [2.24, 2.45) is 4.99 Å². The standard InChI is InChI=1S/C18H23N3O2/c1-19-17(21(2)12-15-7-5-11-23-15)20-13-18(22)10-9-14-6-3-4-8-16(14)18/h3-8,11,22H,9-10,12-13H2,1-2H3,(H,19,20). The highest BCUT2D eigenvalue weighted by molar-refractivity contribution is 5.79. The van der Waals surface area contributed by atoms with Crippen molar-refractivity contribution in [1.29, 1.82) is 0 Å². The van der Waals surface area contributed by atoms with Crippen molar-refractivity contribution in [3.8, 4) is 0 Å². The Hall–Kier alpha value is -2.27. The molecule has 2 N–H and O–H groups in total. The molecule has 1 aromatic carbocycles. The molecule has 1 atom stereocenters. The molecule has 5 heteroatoms. The molecular weight excluding hydrogens is 290 g/mol. The first-order chi connectivity index (χ1) is 11.1. The zero-order valence-electron chi connectivity index (χ0n) is 13.6. The zero-order valence-corrected chi connectivity index (χ0v) is 13.6. The smallest absolute Gasteiger partial charge is 0.193 e. The van der Waals surface area contributed by atoms with Crippen molar-refractivity contribution >= 4 is 5.96 Å². The Morgan fingerprint density at radius 2 is 2.17 bits per heavy atom. The van der Waals surface area contributed by atoms with Gasteiger partial charge in [0.15, 0.2) is 5.96 Å². The third-order valence-electron chi connectivity index (χ3n) is 4.41. The summed E-state index contributed by atoms with van der Waals surface area (Å²) in [5.74, 6) is 1.61. The zero-order chi connectivity index (χ0) is 16.3. The Bertz CT molecular complexity index is 681. The van der Waals surface area contributed by atoms with Gasteiger partial charge < -0.3 is 19.7 Å². The molecule has 1 aromatic heterocycles. The summed E-state index contributed by atoms with van der Waals surface area (Å²) in [7, 11) is 3.69. The van der Waals surface area contributed by atoms with Crippen LogP contribution in [0.2, 0.25) is 0 Å². The van der Waals surface area contributed by atoms with Crippen molar-refractivity contribution in [3.63, 3.8) is 0 Å². The summed E-state index contributed by atoms with van der Waals surface area (Å²) in [6.07, 6.45) is 3.31. The van der Waals surface area contributed by atoms with Crippen molar-refractivity contribution in [3.05, 3.63) is 59.5 Å². The highest BCUT2D eigenvalue weighted by atomic mass is 16.3. The van der Waals surface area contributed by atoms with Gasteiger partial charge in [-0.25, -0.2) is 0 Å². The second-order valence-electron chi connectivity index (χ2n) is 6.02. The number of aryl methyl sites for hydroxylation is 1. The van der Waals surface area contributed by atoms with Gasteiger partial charge in [0.2, 0.25) is 0 Å². The second-order valence-corrected chi connectivity index (χ2v) is 6.02. The van der Waals surface area contributed by atoms with E-state index in [2.05, 4.69) is 16.4 Å². The van der Waals surface area contributed by atoms with Crippen LogP contribution < -0.4 is 5.32 Å². The number of furan rings is 1. The van der Waals surface area contributed by atoms with Gasteiger partial charge in [-0.3, -0.25) is 4.99 Å². The van der Waals surface area contributed by atoms with Gasteiger partial charge >= 0.3 is 0 Å². The van der Waals surface area contributed by atoms with Crippen LogP contribution in [0.25, 0.3) is 0 Å². The first-order valence-corrected chi connectivity index (χ1v) is 7.87. The lowest BCUT2D eigenvalue weighted by atomic mass is 9.96. The summed E-state index contributed by atoms with van der Waals surface area (Å²) in [4.78, 5) is 6.27. The molecule has 0 amide bonds. The number of aliphatic hydroxyl groups is 1. The molecule has 5 nitrogen and oxygen atoms in total. The van der Waals surface area contributed by atoms with Crippen LogP contribution in [0.15, 0.2) is 52.1 Å². The van der Waals surface area contributed by atoms with E-state index in [-0.39, 0.29) is 0 Å². The molecule has 1 unspecified atom stereocenters. The molecular formula is C18H23N3O2. The Morgan fingerprint density at radius 1 is 1.35 bits per heavy atom. The van der Waals surface area contributed by atoms with E-state index in [0.717, 1.165) is 30.1 Å². The summed E-state index contributed by atoms with van der Waals surface area (Å²) >= 11 is 0. The lowest BCUT2D eigenvalue weighted by Crippen LogP contribution is -2.45. The van der Waals surface area contributed by atoms with Crippen LogP contribution in [0.1, 0.15) is 23.3 Å². The van der Waals surface area contributed by atoms with E-state index in [1.165, 1.54) is 5.56 Å². The number of rotatable bonds is 4. The Balaban J connectivity index is 1.65. The normalized spacial score (nSPS) is 20.4. The third kappa shape index (κ3) is 3.24. The molecule has 0 spiro atoms. The van der Waals surface area contributed by atoms with Gasteiger partial charge in [0.1, 0.15) is 11.4 Å². The van der Waals surface area contributed by atoms with E-state index in [1.54, 1.807) is 13.3 Å². The average Bonchev–Trinajstić information content (AvgIpc) is 3.17. The first-order valence-electron chi connectivity index (χ1n) is 7.87. The summed E-state index contributed by atoms with van der Waals surface area (Å²) in [6.45, 7) is 1.07. The number of hydrogen-bond donors (Lipinski definition) is 2. The number of nitrogens with zero attached hydrogens (tertiary/aromatic N) is 2. The Kier molecular flexibility index (Phi) is 4.39. The maximum Gasteiger partial charge on any atom is 0.193 e. The number of benzene rings is 1. The molecule has 0 fully saturated rings. The minimum atomic E-state index is -0.835. The highest BCUT2D eigenvalue weighted by Crippen LogP contribution is 2.36. The molecule has 0 radical (unpaired) electrons. The van der Waals surface area contributed by atoms with Gasteiger partial charge in [-0.2, -0.15) is 0 Å². The number of aliphatic imine (C=N–C) groups is 1. The summed E-state index contributed by atoms with van der Waals surface area (Å²) in [6, 6.07) is 11.9. The van der Waals surface area contributed by atoms with Gasteiger partial charge in [0.05, 0.1) is 19.4 Å². The molecule has 1 aliphatic carbocycles. The second kappa shape index (κ2) is 6.46. The number of fused-ring (bicyclic) bond motifs is 1. The van der Waals surface area contributed by atoms with E-state index < -0.39 is 5.60 Å². The van der Waals surface area contributed by atoms with Gasteiger partial charge in [-0.15, -0.1) is 0 Å². The molecule has 122 valence electrons. The van der Waals surface area contributed by atoms with Gasteiger partial charge in [0.25, 0.3) is 0 Å². The van der Waals surface area contributed by atoms with E-state index in [4.69, 9.17) is 4.42 Å². The molecule has 1 heterocycles. The van der Waals surface area contributed by atoms with Gasteiger partial charge in [-0.1, -0.05) is 24.3 Å². The molecule has 1 aliphatic rings. The minimum absolute atomic E-state index is 0.444. The molecule has 0 saturated heterocycles. The maximum atomic E-state index is 11.0. The third-order valence-corrected chi connectivity index (χ3v) is 4.41. The molecule has 0 bridgehead atoms. The van der Waals surface area contributed by atoms with Crippen LogP contribution in [0.4, 0.5) is 0 Å². The summed E-state index contributed by atoms with van der Waals surface area (Å²) in [5, 5.41) is 14.3. The average molecular weight is 313 g/mol. The number of guanidine groups is 1. The highest BCUT2D eigenvalue weighted by Gasteiger charge is 2.36. The predicted molar refractivity (Wildman–Crippen MR) is 90.2 cm³/mol. The summed E-state index contributed by atoms with van der Waals surface area (Å²) < 4.78 is 5.37. The minimum Gasteiger partial charge on any atom is -0.467 e. The summed E-state index contributed by atoms with van der Waals surface area (Å²) in [5.41, 5.74) is 1.42. The van der Waals surface area contributed by atoms with Crippen LogP contribution in [0.3, 0.4) is 0 Å². The van der Waals surface area contributed by atoms with E-state index in [0.29, 0.717) is 13.1 Å². The Morgan fingerprint density at radius 3 is 2.91 bits per heavy atom. The van der Waals surface area contributed by atoms with Crippen LogP contribution >= 0.6 is 0 Å². The van der Waals surface area contributed by atoms with Crippen LogP contribution in [-0.2, 0) is 18.6 Å². The fourth-order valence-electron chi connectivity index (χ4n) is 3.17. The lowest BCUT2D eigenvalue weighted by Gasteiger charge is -2.28. The maximum absolute atomic E-state index is 11.0. The molecule has 2 aromatic rings. The van der Waals surface area contributed by atoms with Crippen LogP contribution in [0.5, 0.6) is 0 Å². The number of hydrogen-bond acceptors (Lipinski definition) is 3. The van der Waals surface area contributed by atoms with Crippen molar-refractivity contribution in [2.45, 2.75) is 25.0 Å².